The number of imidazole rings is 1. The summed E-state index contributed by atoms with van der Waals surface area (Å²) in [4.78, 5) is 9.43. The first kappa shape index (κ1) is 15.3. The number of hydrogen-bond donors (Lipinski definition) is 0. The fourth-order valence-corrected chi connectivity index (χ4v) is 3.01. The van der Waals surface area contributed by atoms with E-state index in [0.29, 0.717) is 0 Å². The predicted octanol–water partition coefficient (Wildman–Crippen LogP) is 2.28. The molecule has 0 aromatic carbocycles. The molecule has 1 aliphatic rings. The molecule has 0 bridgehead atoms. The molecule has 0 atom stereocenters. The van der Waals surface area contributed by atoms with Gasteiger partial charge in [0.25, 0.3) is 0 Å². The summed E-state index contributed by atoms with van der Waals surface area (Å²) >= 11 is 0. The molecule has 0 aliphatic carbocycles. The molecule has 3 heterocycles. The van der Waals surface area contributed by atoms with Crippen molar-refractivity contribution >= 4 is 0 Å². The average molecular weight is 302 g/mol. The Morgan fingerprint density at radius 2 is 1.77 bits per heavy atom. The molecule has 0 N–H and O–H groups in total. The monoisotopic (exact) mass is 302 g/mol. The Balaban J connectivity index is 1.52. The van der Waals surface area contributed by atoms with Crippen LogP contribution in [0.1, 0.15) is 30.7 Å². The van der Waals surface area contributed by atoms with Crippen LogP contribution in [0.4, 0.5) is 0 Å². The second-order valence-corrected chi connectivity index (χ2v) is 6.08. The Kier molecular flexibility index (Phi) is 4.95. The van der Waals surface area contributed by atoms with Gasteiger partial charge >= 0.3 is 0 Å². The first-order chi connectivity index (χ1) is 10.7. The SMILES string of the molecule is CCc1ccc(CN2CCCN(Cc3nccn3C)CC2)o1. The molecule has 0 unspecified atom stereocenters. The minimum Gasteiger partial charge on any atom is -0.465 e. The van der Waals surface area contributed by atoms with Crippen LogP contribution in [0.3, 0.4) is 0 Å². The molecule has 2 aromatic rings. The van der Waals surface area contributed by atoms with Gasteiger partial charge in [0.1, 0.15) is 17.3 Å². The zero-order chi connectivity index (χ0) is 15.4. The van der Waals surface area contributed by atoms with Gasteiger partial charge in [0, 0.05) is 39.0 Å². The fraction of sp³-hybridized carbons (Fsp3) is 0.588. The third-order valence-corrected chi connectivity index (χ3v) is 4.41. The van der Waals surface area contributed by atoms with Crippen molar-refractivity contribution in [3.8, 4) is 0 Å². The third-order valence-electron chi connectivity index (χ3n) is 4.41. The number of furan rings is 1. The molecule has 5 nitrogen and oxygen atoms in total. The topological polar surface area (TPSA) is 37.4 Å². The van der Waals surface area contributed by atoms with Gasteiger partial charge in [-0.25, -0.2) is 4.98 Å². The van der Waals surface area contributed by atoms with Crippen LogP contribution in [0.2, 0.25) is 0 Å². The molecular formula is C17H26N4O. The van der Waals surface area contributed by atoms with Crippen molar-refractivity contribution in [1.82, 2.24) is 19.4 Å². The Morgan fingerprint density at radius 3 is 2.41 bits per heavy atom. The van der Waals surface area contributed by atoms with Gasteiger partial charge in [-0.15, -0.1) is 0 Å². The first-order valence-corrected chi connectivity index (χ1v) is 8.23. The maximum absolute atomic E-state index is 5.84. The molecular weight excluding hydrogens is 276 g/mol. The highest BCUT2D eigenvalue weighted by molar-refractivity contribution is 5.07. The first-order valence-electron chi connectivity index (χ1n) is 8.23. The van der Waals surface area contributed by atoms with Gasteiger partial charge in [-0.05, 0) is 31.6 Å². The van der Waals surface area contributed by atoms with Crippen LogP contribution in [0, 0.1) is 0 Å². The second-order valence-electron chi connectivity index (χ2n) is 6.08. The van der Waals surface area contributed by atoms with Crippen LogP contribution >= 0.6 is 0 Å². The summed E-state index contributed by atoms with van der Waals surface area (Å²) in [5.74, 6) is 3.32. The van der Waals surface area contributed by atoms with Gasteiger partial charge in [0.05, 0.1) is 13.1 Å². The number of rotatable bonds is 5. The van der Waals surface area contributed by atoms with Gasteiger partial charge in [0.15, 0.2) is 0 Å². The van der Waals surface area contributed by atoms with Crippen LogP contribution in [-0.4, -0.2) is 45.5 Å². The Hall–Kier alpha value is -1.59. The van der Waals surface area contributed by atoms with E-state index in [1.165, 1.54) is 6.42 Å². The smallest absolute Gasteiger partial charge is 0.122 e. The van der Waals surface area contributed by atoms with Crippen LogP contribution in [0.15, 0.2) is 28.9 Å². The molecule has 0 spiro atoms. The Labute approximate surface area is 132 Å². The maximum Gasteiger partial charge on any atom is 0.122 e. The summed E-state index contributed by atoms with van der Waals surface area (Å²) in [6, 6.07) is 4.22. The van der Waals surface area contributed by atoms with Gasteiger partial charge in [-0.2, -0.15) is 0 Å². The standard InChI is InChI=1S/C17H26N4O/c1-3-15-5-6-16(22-15)13-20-8-4-9-21(12-11-20)14-17-18-7-10-19(17)2/h5-7,10H,3-4,8-9,11-14H2,1-2H3. The minimum absolute atomic E-state index is 0.927. The van der Waals surface area contributed by atoms with E-state index in [1.807, 2.05) is 12.4 Å². The van der Waals surface area contributed by atoms with E-state index >= 15 is 0 Å². The molecule has 1 saturated heterocycles. The van der Waals surface area contributed by atoms with E-state index in [2.05, 4.69) is 45.5 Å². The maximum atomic E-state index is 5.84. The summed E-state index contributed by atoms with van der Waals surface area (Å²) < 4.78 is 7.94. The van der Waals surface area contributed by atoms with Gasteiger partial charge < -0.3 is 8.98 Å². The molecule has 0 saturated carbocycles. The summed E-state index contributed by atoms with van der Waals surface area (Å²) in [5, 5.41) is 0. The lowest BCUT2D eigenvalue weighted by Gasteiger charge is -2.20. The van der Waals surface area contributed by atoms with Crippen molar-refractivity contribution in [2.45, 2.75) is 32.9 Å². The number of nitrogens with zero attached hydrogens (tertiary/aromatic N) is 4. The molecule has 0 radical (unpaired) electrons. The lowest BCUT2D eigenvalue weighted by Crippen LogP contribution is -2.30. The Morgan fingerprint density at radius 1 is 1.05 bits per heavy atom. The van der Waals surface area contributed by atoms with Crippen LogP contribution in [0.25, 0.3) is 0 Å². The van der Waals surface area contributed by atoms with Crippen LogP contribution < -0.4 is 0 Å². The van der Waals surface area contributed by atoms with E-state index in [-0.39, 0.29) is 0 Å². The number of aryl methyl sites for hydroxylation is 2. The molecule has 1 aliphatic heterocycles. The lowest BCUT2D eigenvalue weighted by molar-refractivity contribution is 0.230. The van der Waals surface area contributed by atoms with E-state index in [4.69, 9.17) is 4.42 Å². The van der Waals surface area contributed by atoms with Crippen LogP contribution in [0.5, 0.6) is 0 Å². The summed E-state index contributed by atoms with van der Waals surface area (Å²) in [6.45, 7) is 8.46. The van der Waals surface area contributed by atoms with E-state index in [0.717, 1.165) is 63.0 Å². The summed E-state index contributed by atoms with van der Waals surface area (Å²) in [6.07, 6.45) is 6.06. The predicted molar refractivity (Wildman–Crippen MR) is 86.5 cm³/mol. The van der Waals surface area contributed by atoms with Gasteiger partial charge in [0.2, 0.25) is 0 Å². The van der Waals surface area contributed by atoms with Crippen molar-refractivity contribution in [2.24, 2.45) is 7.05 Å². The molecule has 2 aromatic heterocycles. The van der Waals surface area contributed by atoms with Crippen molar-refractivity contribution in [1.29, 1.82) is 0 Å². The Bertz CT molecular complexity index is 589. The summed E-state index contributed by atoms with van der Waals surface area (Å²) in [7, 11) is 2.06. The fourth-order valence-electron chi connectivity index (χ4n) is 3.01. The van der Waals surface area contributed by atoms with Crippen LogP contribution in [-0.2, 0) is 26.6 Å². The van der Waals surface area contributed by atoms with Gasteiger partial charge in [-0.3, -0.25) is 9.80 Å². The van der Waals surface area contributed by atoms with E-state index in [9.17, 15) is 0 Å². The van der Waals surface area contributed by atoms with E-state index in [1.54, 1.807) is 0 Å². The van der Waals surface area contributed by atoms with Crippen molar-refractivity contribution in [3.63, 3.8) is 0 Å². The quantitative estimate of drug-likeness (QED) is 0.849. The largest absolute Gasteiger partial charge is 0.465 e. The highest BCUT2D eigenvalue weighted by Gasteiger charge is 2.17. The molecule has 3 rings (SSSR count). The second kappa shape index (κ2) is 7.11. The highest BCUT2D eigenvalue weighted by atomic mass is 16.3. The molecule has 22 heavy (non-hydrogen) atoms. The van der Waals surface area contributed by atoms with Crippen molar-refractivity contribution in [2.75, 3.05) is 26.2 Å². The molecule has 0 amide bonds. The zero-order valence-corrected chi connectivity index (χ0v) is 13.7. The number of aromatic nitrogens is 2. The molecule has 120 valence electrons. The molecule has 1 fully saturated rings. The van der Waals surface area contributed by atoms with Crippen molar-refractivity contribution < 1.29 is 4.42 Å². The minimum atomic E-state index is 0.927. The lowest BCUT2D eigenvalue weighted by atomic mass is 10.3. The third kappa shape index (κ3) is 3.78. The molecule has 5 heteroatoms. The highest BCUT2D eigenvalue weighted by Crippen LogP contribution is 2.14. The normalized spacial score (nSPS) is 17.7. The zero-order valence-electron chi connectivity index (χ0n) is 13.7. The van der Waals surface area contributed by atoms with Crippen molar-refractivity contribution in [3.05, 3.63) is 41.9 Å². The average Bonchev–Trinajstić information content (AvgIpc) is 3.06. The number of hydrogen-bond acceptors (Lipinski definition) is 4. The van der Waals surface area contributed by atoms with E-state index < -0.39 is 0 Å². The van der Waals surface area contributed by atoms with Gasteiger partial charge in [-0.1, -0.05) is 6.92 Å². The summed E-state index contributed by atoms with van der Waals surface area (Å²) in [5.41, 5.74) is 0.